The average Bonchev–Trinajstić information content (AvgIpc) is 2.88. The van der Waals surface area contributed by atoms with Crippen molar-refractivity contribution in [2.75, 3.05) is 7.11 Å². The van der Waals surface area contributed by atoms with Crippen LogP contribution < -0.4 is 10.3 Å². The van der Waals surface area contributed by atoms with E-state index in [9.17, 15) is 4.79 Å². The summed E-state index contributed by atoms with van der Waals surface area (Å²) in [7, 11) is 1.63. The lowest BCUT2D eigenvalue weighted by molar-refractivity contribution is 0.415. The minimum Gasteiger partial charge on any atom is -0.497 e. The summed E-state index contributed by atoms with van der Waals surface area (Å²) >= 11 is 6.53. The largest absolute Gasteiger partial charge is 0.497 e. The van der Waals surface area contributed by atoms with E-state index in [0.717, 1.165) is 26.9 Å². The molecule has 3 aromatic rings. The standard InChI is InChI=1S/C15H13N3O2S2/c1-8-13(11-7-12(19)18-15(21)17-11)22-14(16-8)9-3-5-10(20-2)6-4-9/h3-7H,1-2H3,(H2,17,18,19,21). The Morgan fingerprint density at radius 3 is 2.59 bits per heavy atom. The molecule has 0 aliphatic rings. The molecule has 0 aliphatic heterocycles. The molecule has 0 saturated heterocycles. The van der Waals surface area contributed by atoms with E-state index in [2.05, 4.69) is 15.0 Å². The third-order valence-electron chi connectivity index (χ3n) is 3.14. The number of nitrogens with one attached hydrogen (secondary N) is 2. The molecule has 0 atom stereocenters. The highest BCUT2D eigenvalue weighted by atomic mass is 32.1. The number of aromatic amines is 2. The van der Waals surface area contributed by atoms with Gasteiger partial charge in [-0.25, -0.2) is 4.98 Å². The number of hydrogen-bond donors (Lipinski definition) is 2. The van der Waals surface area contributed by atoms with Gasteiger partial charge in [-0.2, -0.15) is 0 Å². The predicted octanol–water partition coefficient (Wildman–Crippen LogP) is 3.54. The monoisotopic (exact) mass is 331 g/mol. The second-order valence-corrected chi connectivity index (χ2v) is 6.07. The van der Waals surface area contributed by atoms with Crippen molar-refractivity contribution in [2.24, 2.45) is 0 Å². The van der Waals surface area contributed by atoms with Crippen molar-refractivity contribution in [3.05, 3.63) is 51.2 Å². The smallest absolute Gasteiger partial charge is 0.252 e. The summed E-state index contributed by atoms with van der Waals surface area (Å²) in [6.07, 6.45) is 0. The van der Waals surface area contributed by atoms with E-state index in [1.54, 1.807) is 7.11 Å². The quantitative estimate of drug-likeness (QED) is 0.720. The van der Waals surface area contributed by atoms with Gasteiger partial charge in [0.25, 0.3) is 5.56 Å². The normalized spacial score (nSPS) is 10.6. The Bertz CT molecular complexity index is 895. The molecule has 0 amide bonds. The van der Waals surface area contributed by atoms with Crippen LogP contribution in [0.2, 0.25) is 0 Å². The molecule has 2 N–H and O–H groups in total. The summed E-state index contributed by atoms with van der Waals surface area (Å²) in [5, 5.41) is 0.884. The van der Waals surface area contributed by atoms with Crippen LogP contribution in [0.4, 0.5) is 0 Å². The van der Waals surface area contributed by atoms with Crippen LogP contribution >= 0.6 is 23.6 Å². The summed E-state index contributed by atoms with van der Waals surface area (Å²) in [5.74, 6) is 0.802. The van der Waals surface area contributed by atoms with Crippen LogP contribution in [0.5, 0.6) is 5.75 Å². The number of ether oxygens (including phenoxy) is 1. The number of benzene rings is 1. The Kier molecular flexibility index (Phi) is 3.91. The predicted molar refractivity (Wildman–Crippen MR) is 90.1 cm³/mol. The molecular formula is C15H13N3O2S2. The molecule has 0 bridgehead atoms. The van der Waals surface area contributed by atoms with Crippen LogP contribution in [0.1, 0.15) is 5.69 Å². The second kappa shape index (κ2) is 5.86. The van der Waals surface area contributed by atoms with Crippen LogP contribution in [0.3, 0.4) is 0 Å². The molecular weight excluding hydrogens is 318 g/mol. The zero-order valence-corrected chi connectivity index (χ0v) is 13.6. The topological polar surface area (TPSA) is 70.8 Å². The van der Waals surface area contributed by atoms with Gasteiger partial charge in [-0.3, -0.25) is 9.78 Å². The van der Waals surface area contributed by atoms with E-state index in [1.807, 2.05) is 31.2 Å². The Balaban J connectivity index is 2.06. The number of aromatic nitrogens is 3. The number of aryl methyl sites for hydroxylation is 1. The number of thiazole rings is 1. The van der Waals surface area contributed by atoms with Crippen molar-refractivity contribution in [3.8, 4) is 26.9 Å². The van der Waals surface area contributed by atoms with E-state index in [1.165, 1.54) is 17.4 Å². The van der Waals surface area contributed by atoms with Crippen LogP contribution in [-0.2, 0) is 0 Å². The maximum Gasteiger partial charge on any atom is 0.252 e. The molecule has 0 spiro atoms. The molecule has 0 radical (unpaired) electrons. The fourth-order valence-electron chi connectivity index (χ4n) is 2.09. The summed E-state index contributed by atoms with van der Waals surface area (Å²) in [6.45, 7) is 1.91. The highest BCUT2D eigenvalue weighted by Gasteiger charge is 2.12. The lowest BCUT2D eigenvalue weighted by Crippen LogP contribution is -2.06. The minimum atomic E-state index is -0.224. The van der Waals surface area contributed by atoms with Gasteiger partial charge >= 0.3 is 0 Å². The molecule has 22 heavy (non-hydrogen) atoms. The van der Waals surface area contributed by atoms with E-state index in [-0.39, 0.29) is 5.56 Å². The molecule has 0 aliphatic carbocycles. The summed E-state index contributed by atoms with van der Waals surface area (Å²) in [6, 6.07) is 9.20. The SMILES string of the molecule is COc1ccc(-c2nc(C)c(-c3cc(=O)[nH]c(=S)[nH]3)s2)cc1. The van der Waals surface area contributed by atoms with E-state index < -0.39 is 0 Å². The first kappa shape index (κ1) is 14.7. The highest BCUT2D eigenvalue weighted by molar-refractivity contribution is 7.71. The molecule has 5 nitrogen and oxygen atoms in total. The van der Waals surface area contributed by atoms with Crippen LogP contribution in [0, 0.1) is 11.7 Å². The number of hydrogen-bond acceptors (Lipinski definition) is 5. The fourth-order valence-corrected chi connectivity index (χ4v) is 3.35. The van der Waals surface area contributed by atoms with Gasteiger partial charge in [0.2, 0.25) is 0 Å². The summed E-state index contributed by atoms with van der Waals surface area (Å²) in [5.41, 5.74) is 2.32. The van der Waals surface area contributed by atoms with Gasteiger partial charge in [0.05, 0.1) is 23.4 Å². The fraction of sp³-hybridized carbons (Fsp3) is 0.133. The molecule has 0 unspecified atom stereocenters. The second-order valence-electron chi connectivity index (χ2n) is 4.66. The zero-order valence-electron chi connectivity index (χ0n) is 12.0. The average molecular weight is 331 g/mol. The molecule has 2 aromatic heterocycles. The van der Waals surface area contributed by atoms with Crippen LogP contribution in [0.15, 0.2) is 35.1 Å². The van der Waals surface area contributed by atoms with E-state index in [0.29, 0.717) is 10.5 Å². The summed E-state index contributed by atoms with van der Waals surface area (Å²) < 4.78 is 5.46. The molecule has 3 rings (SSSR count). The van der Waals surface area contributed by atoms with Crippen molar-refractivity contribution in [2.45, 2.75) is 6.92 Å². The number of nitrogens with zero attached hydrogens (tertiary/aromatic N) is 1. The van der Waals surface area contributed by atoms with Crippen molar-refractivity contribution in [1.82, 2.24) is 15.0 Å². The minimum absolute atomic E-state index is 0.224. The van der Waals surface area contributed by atoms with Gasteiger partial charge in [-0.05, 0) is 43.4 Å². The Hall–Kier alpha value is -2.25. The van der Waals surface area contributed by atoms with Crippen LogP contribution in [-0.4, -0.2) is 22.1 Å². The van der Waals surface area contributed by atoms with E-state index in [4.69, 9.17) is 17.0 Å². The first-order valence-corrected chi connectivity index (χ1v) is 7.75. The highest BCUT2D eigenvalue weighted by Crippen LogP contribution is 2.34. The van der Waals surface area contributed by atoms with Gasteiger partial charge < -0.3 is 9.72 Å². The first-order chi connectivity index (χ1) is 10.6. The van der Waals surface area contributed by atoms with Gasteiger partial charge in [0, 0.05) is 11.6 Å². The zero-order chi connectivity index (χ0) is 15.7. The molecule has 0 saturated carbocycles. The van der Waals surface area contributed by atoms with Crippen molar-refractivity contribution < 1.29 is 4.74 Å². The van der Waals surface area contributed by atoms with Gasteiger partial charge in [-0.15, -0.1) is 11.3 Å². The summed E-state index contributed by atoms with van der Waals surface area (Å²) in [4.78, 5) is 22.6. The van der Waals surface area contributed by atoms with Gasteiger partial charge in [0.15, 0.2) is 4.77 Å². The van der Waals surface area contributed by atoms with Crippen molar-refractivity contribution in [3.63, 3.8) is 0 Å². The maximum atomic E-state index is 11.6. The number of rotatable bonds is 3. The Morgan fingerprint density at radius 1 is 1.23 bits per heavy atom. The van der Waals surface area contributed by atoms with Gasteiger partial charge in [-0.1, -0.05) is 0 Å². The molecule has 112 valence electrons. The van der Waals surface area contributed by atoms with Crippen LogP contribution in [0.25, 0.3) is 21.1 Å². The number of H-pyrrole nitrogens is 2. The lowest BCUT2D eigenvalue weighted by atomic mass is 10.2. The van der Waals surface area contributed by atoms with Crippen molar-refractivity contribution in [1.29, 1.82) is 0 Å². The first-order valence-electron chi connectivity index (χ1n) is 6.52. The molecule has 0 fully saturated rings. The lowest BCUT2D eigenvalue weighted by Gasteiger charge is -2.00. The number of methoxy groups -OCH3 is 1. The van der Waals surface area contributed by atoms with Crippen molar-refractivity contribution >= 4 is 23.6 Å². The Labute approximate surface area is 135 Å². The van der Waals surface area contributed by atoms with Gasteiger partial charge in [0.1, 0.15) is 10.8 Å². The molecule has 2 heterocycles. The third kappa shape index (κ3) is 2.86. The maximum absolute atomic E-state index is 11.6. The molecule has 1 aromatic carbocycles. The third-order valence-corrected chi connectivity index (χ3v) is 4.58. The Morgan fingerprint density at radius 2 is 1.95 bits per heavy atom. The van der Waals surface area contributed by atoms with E-state index >= 15 is 0 Å². The molecule has 7 heteroatoms.